The highest BCUT2D eigenvalue weighted by Gasteiger charge is 2.24. The number of benzene rings is 1. The molecule has 2 aromatic heterocycles. The van der Waals surface area contributed by atoms with Crippen LogP contribution in [0, 0.1) is 18.7 Å². The third-order valence-electron chi connectivity index (χ3n) is 5.11. The molecule has 1 aliphatic carbocycles. The number of imidazole rings is 1. The number of aromatic nitrogens is 2. The van der Waals surface area contributed by atoms with E-state index in [9.17, 15) is 9.18 Å². The molecule has 0 atom stereocenters. The van der Waals surface area contributed by atoms with Crippen LogP contribution in [0.3, 0.4) is 0 Å². The minimum Gasteiger partial charge on any atom is -0.310 e. The predicted octanol–water partition coefficient (Wildman–Crippen LogP) is 4.97. The van der Waals surface area contributed by atoms with Crippen molar-refractivity contribution >= 4 is 17.4 Å². The Labute approximate surface area is 152 Å². The molecule has 3 aromatic rings. The molecule has 26 heavy (non-hydrogen) atoms. The quantitative estimate of drug-likeness (QED) is 0.724. The molecular weight excluding hydrogens is 329 g/mol. The van der Waals surface area contributed by atoms with Gasteiger partial charge in [0.2, 0.25) is 5.91 Å². The van der Waals surface area contributed by atoms with Crippen LogP contribution < -0.4 is 5.32 Å². The number of aryl methyl sites for hydroxylation is 1. The second kappa shape index (κ2) is 6.90. The van der Waals surface area contributed by atoms with E-state index in [4.69, 9.17) is 0 Å². The maximum atomic E-state index is 14.4. The van der Waals surface area contributed by atoms with E-state index in [-0.39, 0.29) is 17.6 Å². The number of hydrogen-bond acceptors (Lipinski definition) is 2. The molecule has 1 aromatic carbocycles. The number of rotatable bonds is 3. The van der Waals surface area contributed by atoms with Gasteiger partial charge in [0.25, 0.3) is 0 Å². The number of fused-ring (bicyclic) bond motifs is 1. The van der Waals surface area contributed by atoms with E-state index in [0.717, 1.165) is 31.2 Å². The van der Waals surface area contributed by atoms with Crippen LogP contribution in [-0.2, 0) is 4.79 Å². The van der Waals surface area contributed by atoms with Crippen LogP contribution in [0.15, 0.2) is 42.6 Å². The summed E-state index contributed by atoms with van der Waals surface area (Å²) in [4.78, 5) is 17.4. The summed E-state index contributed by atoms with van der Waals surface area (Å²) in [6, 6.07) is 10.4. The standard InChI is InChI=1S/C21H22FN3O/c1-14-11-12-18-23-19(16-9-5-6-10-17(16)22)20(25(18)13-14)24-21(26)15-7-3-2-4-8-15/h5-6,9-13,15H,2-4,7-8H2,1H3,(H,24,26). The molecule has 1 N–H and O–H groups in total. The molecule has 134 valence electrons. The van der Waals surface area contributed by atoms with Gasteiger partial charge in [-0.1, -0.05) is 37.5 Å². The lowest BCUT2D eigenvalue weighted by molar-refractivity contribution is -0.120. The molecule has 2 heterocycles. The van der Waals surface area contributed by atoms with Crippen LogP contribution in [0.25, 0.3) is 16.9 Å². The summed E-state index contributed by atoms with van der Waals surface area (Å²) >= 11 is 0. The summed E-state index contributed by atoms with van der Waals surface area (Å²) in [7, 11) is 0. The van der Waals surface area contributed by atoms with E-state index in [2.05, 4.69) is 10.3 Å². The monoisotopic (exact) mass is 351 g/mol. The van der Waals surface area contributed by atoms with Gasteiger partial charge in [-0.3, -0.25) is 9.20 Å². The minimum absolute atomic E-state index is 0.00518. The van der Waals surface area contributed by atoms with Crippen LogP contribution in [0.1, 0.15) is 37.7 Å². The minimum atomic E-state index is -0.346. The van der Waals surface area contributed by atoms with E-state index in [1.54, 1.807) is 18.2 Å². The van der Waals surface area contributed by atoms with Gasteiger partial charge in [0.15, 0.2) is 0 Å². The first-order valence-corrected chi connectivity index (χ1v) is 9.18. The first kappa shape index (κ1) is 16.8. The molecule has 0 bridgehead atoms. The van der Waals surface area contributed by atoms with E-state index in [0.29, 0.717) is 22.7 Å². The SMILES string of the molecule is Cc1ccc2nc(-c3ccccc3F)c(NC(=O)C3CCCCC3)n2c1. The van der Waals surface area contributed by atoms with Gasteiger partial charge in [0.1, 0.15) is 23.0 Å². The van der Waals surface area contributed by atoms with Gasteiger partial charge in [-0.2, -0.15) is 0 Å². The molecule has 1 fully saturated rings. The molecule has 0 unspecified atom stereocenters. The zero-order valence-corrected chi connectivity index (χ0v) is 14.8. The third kappa shape index (κ3) is 3.09. The number of halogens is 1. The Morgan fingerprint density at radius 2 is 1.92 bits per heavy atom. The van der Waals surface area contributed by atoms with Crippen molar-refractivity contribution in [2.24, 2.45) is 5.92 Å². The Morgan fingerprint density at radius 1 is 1.15 bits per heavy atom. The van der Waals surface area contributed by atoms with Crippen LogP contribution in [-0.4, -0.2) is 15.3 Å². The lowest BCUT2D eigenvalue weighted by atomic mass is 9.88. The number of carbonyl (C=O) groups excluding carboxylic acids is 1. The van der Waals surface area contributed by atoms with E-state index >= 15 is 0 Å². The zero-order valence-electron chi connectivity index (χ0n) is 14.8. The Morgan fingerprint density at radius 3 is 2.69 bits per heavy atom. The highest BCUT2D eigenvalue weighted by atomic mass is 19.1. The Balaban J connectivity index is 1.80. The van der Waals surface area contributed by atoms with Gasteiger partial charge in [-0.15, -0.1) is 0 Å². The van der Waals surface area contributed by atoms with Crippen molar-refractivity contribution < 1.29 is 9.18 Å². The normalized spacial score (nSPS) is 15.3. The zero-order chi connectivity index (χ0) is 18.1. The van der Waals surface area contributed by atoms with Gasteiger partial charge < -0.3 is 5.32 Å². The average molecular weight is 351 g/mol. The molecule has 1 aliphatic rings. The highest BCUT2D eigenvalue weighted by Crippen LogP contribution is 2.32. The molecule has 0 aliphatic heterocycles. The summed E-state index contributed by atoms with van der Waals surface area (Å²) in [6.07, 6.45) is 7.12. The Bertz CT molecular complexity index is 957. The summed E-state index contributed by atoms with van der Waals surface area (Å²) in [5.41, 5.74) is 2.60. The van der Waals surface area contributed by atoms with Crippen molar-refractivity contribution in [3.05, 3.63) is 54.0 Å². The fourth-order valence-electron chi connectivity index (χ4n) is 3.69. The van der Waals surface area contributed by atoms with Crippen LogP contribution in [0.5, 0.6) is 0 Å². The lowest BCUT2D eigenvalue weighted by Crippen LogP contribution is -2.25. The van der Waals surface area contributed by atoms with Crippen molar-refractivity contribution in [1.29, 1.82) is 0 Å². The van der Waals surface area contributed by atoms with E-state index in [1.165, 1.54) is 12.5 Å². The number of carbonyl (C=O) groups is 1. The first-order valence-electron chi connectivity index (χ1n) is 9.18. The third-order valence-corrected chi connectivity index (χ3v) is 5.11. The molecule has 0 spiro atoms. The van der Waals surface area contributed by atoms with E-state index < -0.39 is 0 Å². The second-order valence-corrected chi connectivity index (χ2v) is 7.05. The summed E-state index contributed by atoms with van der Waals surface area (Å²) in [6.45, 7) is 1.98. The van der Waals surface area contributed by atoms with Gasteiger partial charge in [0.05, 0.1) is 0 Å². The molecule has 1 saturated carbocycles. The van der Waals surface area contributed by atoms with Crippen molar-refractivity contribution in [1.82, 2.24) is 9.38 Å². The second-order valence-electron chi connectivity index (χ2n) is 7.05. The van der Waals surface area contributed by atoms with E-state index in [1.807, 2.05) is 29.7 Å². The summed E-state index contributed by atoms with van der Waals surface area (Å²) in [5, 5.41) is 3.05. The molecule has 5 heteroatoms. The maximum absolute atomic E-state index is 14.4. The fourth-order valence-corrected chi connectivity index (χ4v) is 3.69. The molecular formula is C21H22FN3O. The van der Waals surface area contributed by atoms with Crippen molar-refractivity contribution in [2.75, 3.05) is 5.32 Å². The topological polar surface area (TPSA) is 46.4 Å². The van der Waals surface area contributed by atoms with Crippen LogP contribution >= 0.6 is 0 Å². The maximum Gasteiger partial charge on any atom is 0.228 e. The largest absolute Gasteiger partial charge is 0.310 e. The average Bonchev–Trinajstić information content (AvgIpc) is 3.00. The number of nitrogens with zero attached hydrogens (tertiary/aromatic N) is 2. The number of pyridine rings is 1. The Kier molecular flexibility index (Phi) is 4.45. The van der Waals surface area contributed by atoms with Crippen molar-refractivity contribution in [3.8, 4) is 11.3 Å². The smallest absolute Gasteiger partial charge is 0.228 e. The van der Waals surface area contributed by atoms with Gasteiger partial charge >= 0.3 is 0 Å². The predicted molar refractivity (Wildman–Crippen MR) is 101 cm³/mol. The van der Waals surface area contributed by atoms with Crippen molar-refractivity contribution in [3.63, 3.8) is 0 Å². The summed E-state index contributed by atoms with van der Waals surface area (Å²) < 4.78 is 16.2. The molecule has 0 radical (unpaired) electrons. The van der Waals surface area contributed by atoms with Crippen molar-refractivity contribution in [2.45, 2.75) is 39.0 Å². The van der Waals surface area contributed by atoms with Gasteiger partial charge in [0, 0.05) is 17.7 Å². The molecule has 0 saturated heterocycles. The lowest BCUT2D eigenvalue weighted by Gasteiger charge is -2.21. The van der Waals surface area contributed by atoms with Gasteiger partial charge in [-0.25, -0.2) is 9.37 Å². The molecule has 4 rings (SSSR count). The molecule has 1 amide bonds. The summed E-state index contributed by atoms with van der Waals surface area (Å²) in [5.74, 6) is 0.225. The number of amides is 1. The number of anilines is 1. The van der Waals surface area contributed by atoms with Crippen LogP contribution in [0.4, 0.5) is 10.2 Å². The number of nitrogens with one attached hydrogen (secondary N) is 1. The van der Waals surface area contributed by atoms with Gasteiger partial charge in [-0.05, 0) is 43.5 Å². The highest BCUT2D eigenvalue weighted by molar-refractivity contribution is 5.96. The first-order chi connectivity index (χ1) is 12.6. The fraction of sp³-hybridized carbons (Fsp3) is 0.333. The Hall–Kier alpha value is -2.69. The van der Waals surface area contributed by atoms with Crippen LogP contribution in [0.2, 0.25) is 0 Å². The number of hydrogen-bond donors (Lipinski definition) is 1. The molecule has 4 nitrogen and oxygen atoms in total.